The summed E-state index contributed by atoms with van der Waals surface area (Å²) in [5.74, 6) is 0.173. The first-order valence-corrected chi connectivity index (χ1v) is 5.19. The number of hydrogen-bond acceptors (Lipinski definition) is 3. The molecule has 78 valence electrons. The van der Waals surface area contributed by atoms with Crippen LogP contribution in [0.5, 0.6) is 0 Å². The van der Waals surface area contributed by atoms with Crippen molar-refractivity contribution in [3.8, 4) is 0 Å². The number of rotatable bonds is 1. The van der Waals surface area contributed by atoms with Gasteiger partial charge in [-0.1, -0.05) is 30.3 Å². The second kappa shape index (κ2) is 3.43. The van der Waals surface area contributed by atoms with Crippen LogP contribution in [-0.4, -0.2) is 24.6 Å². The largest absolute Gasteiger partial charge is 0.368 e. The summed E-state index contributed by atoms with van der Waals surface area (Å²) in [5, 5.41) is 0. The van der Waals surface area contributed by atoms with Gasteiger partial charge in [0.25, 0.3) is 0 Å². The summed E-state index contributed by atoms with van der Waals surface area (Å²) >= 11 is 0. The summed E-state index contributed by atoms with van der Waals surface area (Å²) in [5.41, 5.74) is 1.02. The molecule has 0 aromatic heterocycles. The molecule has 1 aromatic rings. The van der Waals surface area contributed by atoms with Crippen molar-refractivity contribution in [3.63, 3.8) is 0 Å². The number of carbonyl (C=O) groups is 1. The zero-order chi connectivity index (χ0) is 10.3. The SMILES string of the molecule is O=C1C[C@H]2CO[C@H](c3ccccc3)[C@@H]1O2. The fourth-order valence-corrected chi connectivity index (χ4v) is 2.22. The first-order chi connectivity index (χ1) is 7.34. The summed E-state index contributed by atoms with van der Waals surface area (Å²) in [7, 11) is 0. The van der Waals surface area contributed by atoms with Crippen LogP contribution in [0.15, 0.2) is 30.3 Å². The van der Waals surface area contributed by atoms with Gasteiger partial charge in [-0.15, -0.1) is 0 Å². The number of hydrogen-bond donors (Lipinski definition) is 0. The zero-order valence-electron chi connectivity index (χ0n) is 8.26. The van der Waals surface area contributed by atoms with Gasteiger partial charge in [0.15, 0.2) is 5.78 Å². The minimum Gasteiger partial charge on any atom is -0.368 e. The molecular weight excluding hydrogens is 192 g/mol. The third-order valence-corrected chi connectivity index (χ3v) is 2.95. The normalized spacial score (nSPS) is 34.4. The van der Waals surface area contributed by atoms with Gasteiger partial charge in [-0.3, -0.25) is 4.79 Å². The highest BCUT2D eigenvalue weighted by Gasteiger charge is 2.44. The van der Waals surface area contributed by atoms with Gasteiger partial charge in [0, 0.05) is 6.42 Å². The lowest BCUT2D eigenvalue weighted by Crippen LogP contribution is -2.33. The molecular formula is C12H12O3. The molecule has 2 heterocycles. The van der Waals surface area contributed by atoms with Crippen molar-refractivity contribution in [2.75, 3.05) is 6.61 Å². The minimum atomic E-state index is -0.383. The lowest BCUT2D eigenvalue weighted by Gasteiger charge is -2.28. The molecule has 3 atom stereocenters. The highest BCUT2D eigenvalue weighted by Crippen LogP contribution is 2.35. The van der Waals surface area contributed by atoms with Crippen LogP contribution in [0.25, 0.3) is 0 Å². The highest BCUT2D eigenvalue weighted by molar-refractivity contribution is 5.86. The van der Waals surface area contributed by atoms with E-state index in [0.717, 1.165) is 5.56 Å². The molecule has 1 aromatic carbocycles. The van der Waals surface area contributed by atoms with Crippen molar-refractivity contribution in [1.29, 1.82) is 0 Å². The molecule has 0 spiro atoms. The summed E-state index contributed by atoms with van der Waals surface area (Å²) in [6.07, 6.45) is -0.0976. The van der Waals surface area contributed by atoms with E-state index >= 15 is 0 Å². The van der Waals surface area contributed by atoms with E-state index in [4.69, 9.17) is 9.47 Å². The molecule has 0 unspecified atom stereocenters. The maximum Gasteiger partial charge on any atom is 0.167 e. The fraction of sp³-hybridized carbons (Fsp3) is 0.417. The van der Waals surface area contributed by atoms with E-state index in [1.54, 1.807) is 0 Å². The predicted molar refractivity (Wildman–Crippen MR) is 53.4 cm³/mol. The van der Waals surface area contributed by atoms with E-state index in [1.165, 1.54) is 0 Å². The maximum absolute atomic E-state index is 11.6. The molecule has 2 aliphatic heterocycles. The Morgan fingerprint density at radius 3 is 2.73 bits per heavy atom. The average Bonchev–Trinajstić information content (AvgIpc) is 2.57. The molecule has 2 aliphatic rings. The van der Waals surface area contributed by atoms with Crippen LogP contribution in [0.2, 0.25) is 0 Å². The number of benzene rings is 1. The van der Waals surface area contributed by atoms with Crippen LogP contribution < -0.4 is 0 Å². The van der Waals surface area contributed by atoms with Crippen LogP contribution in [0.1, 0.15) is 18.1 Å². The van der Waals surface area contributed by atoms with Crippen molar-refractivity contribution >= 4 is 5.78 Å². The lowest BCUT2D eigenvalue weighted by molar-refractivity contribution is -0.158. The first-order valence-electron chi connectivity index (χ1n) is 5.19. The van der Waals surface area contributed by atoms with Gasteiger partial charge in [-0.05, 0) is 5.56 Å². The minimum absolute atomic E-state index is 0.0116. The van der Waals surface area contributed by atoms with E-state index in [2.05, 4.69) is 0 Å². The topological polar surface area (TPSA) is 35.5 Å². The van der Waals surface area contributed by atoms with E-state index in [9.17, 15) is 4.79 Å². The Kier molecular flexibility index (Phi) is 2.08. The standard InChI is InChI=1S/C12H12O3/c13-10-6-9-7-14-11(12(10)15-9)8-4-2-1-3-5-8/h1-5,9,11-12H,6-7H2/t9-,11+,12+/m0/s1. The Morgan fingerprint density at radius 1 is 1.13 bits per heavy atom. The summed E-state index contributed by atoms with van der Waals surface area (Å²) in [6.45, 7) is 0.530. The smallest absolute Gasteiger partial charge is 0.167 e. The first kappa shape index (κ1) is 9.07. The Bertz CT molecular complexity index is 374. The quantitative estimate of drug-likeness (QED) is 0.695. The molecule has 2 fully saturated rings. The lowest BCUT2D eigenvalue weighted by atomic mass is 10.0. The van der Waals surface area contributed by atoms with Crippen LogP contribution >= 0.6 is 0 Å². The van der Waals surface area contributed by atoms with Gasteiger partial charge in [0.1, 0.15) is 12.2 Å². The van der Waals surface area contributed by atoms with Crippen molar-refractivity contribution in [1.82, 2.24) is 0 Å². The zero-order valence-corrected chi connectivity index (χ0v) is 8.26. The Balaban J connectivity index is 1.91. The second-order valence-electron chi connectivity index (χ2n) is 4.01. The van der Waals surface area contributed by atoms with Crippen LogP contribution in [-0.2, 0) is 14.3 Å². The van der Waals surface area contributed by atoms with Crippen LogP contribution in [0.4, 0.5) is 0 Å². The average molecular weight is 204 g/mol. The summed E-state index contributed by atoms with van der Waals surface area (Å²) in [4.78, 5) is 11.6. The maximum atomic E-state index is 11.6. The Labute approximate surface area is 88.0 Å². The van der Waals surface area contributed by atoms with Crippen LogP contribution in [0, 0.1) is 0 Å². The fourth-order valence-electron chi connectivity index (χ4n) is 2.22. The molecule has 15 heavy (non-hydrogen) atoms. The molecule has 0 N–H and O–H groups in total. The van der Waals surface area contributed by atoms with Crippen molar-refractivity contribution in [2.45, 2.75) is 24.7 Å². The molecule has 0 aliphatic carbocycles. The highest BCUT2D eigenvalue weighted by atomic mass is 16.6. The van der Waals surface area contributed by atoms with E-state index in [1.807, 2.05) is 30.3 Å². The number of Topliss-reactive ketones (excluding diaryl/α,β-unsaturated/α-hetero) is 1. The number of ether oxygens (including phenoxy) is 2. The molecule has 2 bridgehead atoms. The Hall–Kier alpha value is -1.19. The van der Waals surface area contributed by atoms with Gasteiger partial charge >= 0.3 is 0 Å². The van der Waals surface area contributed by atoms with E-state index < -0.39 is 0 Å². The van der Waals surface area contributed by atoms with E-state index in [-0.39, 0.29) is 24.1 Å². The number of carbonyl (C=O) groups excluding carboxylic acids is 1. The van der Waals surface area contributed by atoms with Gasteiger partial charge in [0.2, 0.25) is 0 Å². The third kappa shape index (κ3) is 1.48. The molecule has 0 saturated carbocycles. The van der Waals surface area contributed by atoms with Crippen molar-refractivity contribution in [3.05, 3.63) is 35.9 Å². The van der Waals surface area contributed by atoms with Gasteiger partial charge < -0.3 is 9.47 Å². The van der Waals surface area contributed by atoms with Crippen LogP contribution in [0.3, 0.4) is 0 Å². The molecule has 2 saturated heterocycles. The number of ketones is 1. The van der Waals surface area contributed by atoms with Gasteiger partial charge in [-0.25, -0.2) is 0 Å². The molecule has 3 nitrogen and oxygen atoms in total. The van der Waals surface area contributed by atoms with Crippen molar-refractivity contribution < 1.29 is 14.3 Å². The van der Waals surface area contributed by atoms with E-state index in [0.29, 0.717) is 13.0 Å². The molecule has 3 heteroatoms. The predicted octanol–water partition coefficient (Wildman–Crippen LogP) is 1.48. The monoisotopic (exact) mass is 204 g/mol. The van der Waals surface area contributed by atoms with Gasteiger partial charge in [0.05, 0.1) is 12.7 Å². The summed E-state index contributed by atoms with van der Waals surface area (Å²) in [6, 6.07) is 9.79. The number of fused-ring (bicyclic) bond motifs is 2. The van der Waals surface area contributed by atoms with Gasteiger partial charge in [-0.2, -0.15) is 0 Å². The Morgan fingerprint density at radius 2 is 1.93 bits per heavy atom. The summed E-state index contributed by atoms with van der Waals surface area (Å²) < 4.78 is 11.3. The third-order valence-electron chi connectivity index (χ3n) is 2.95. The second-order valence-corrected chi connectivity index (χ2v) is 4.01. The molecule has 3 rings (SSSR count). The van der Waals surface area contributed by atoms with Crippen molar-refractivity contribution in [2.24, 2.45) is 0 Å². The molecule has 0 radical (unpaired) electrons. The molecule has 0 amide bonds.